The number of fused-ring (bicyclic) bond motifs is 3. The van der Waals surface area contributed by atoms with Crippen LogP contribution in [0.3, 0.4) is 0 Å². The standard InChI is InChI=1S/C29H21Cl3O4/c1-36-25-11-5-16-3-8-18-20(14-23(30)29(35)27(18)32)19-9-7-17(26(31)28(19)34)6-2-15-4-10-24(33)21(12-15)22(25)13-16/h2,4-7,9-14,33-35H,3,8H2,1H3. The predicted octanol–water partition coefficient (Wildman–Crippen LogP) is 8.38. The maximum absolute atomic E-state index is 11.0. The molecule has 6 bridgehead atoms. The molecular weight excluding hydrogens is 519 g/mol. The smallest absolute Gasteiger partial charge is 0.153 e. The van der Waals surface area contributed by atoms with Gasteiger partial charge in [-0.2, -0.15) is 0 Å². The fraction of sp³-hybridized carbons (Fsp3) is 0.103. The largest absolute Gasteiger partial charge is 0.507 e. The molecule has 36 heavy (non-hydrogen) atoms. The first-order valence-corrected chi connectivity index (χ1v) is 12.3. The van der Waals surface area contributed by atoms with Crippen LogP contribution in [0.1, 0.15) is 22.3 Å². The molecule has 2 aliphatic carbocycles. The minimum Gasteiger partial charge on any atom is -0.507 e. The summed E-state index contributed by atoms with van der Waals surface area (Å²) in [7, 11) is 1.59. The van der Waals surface area contributed by atoms with Gasteiger partial charge in [-0.05, 0) is 77.1 Å². The van der Waals surface area contributed by atoms with Gasteiger partial charge in [-0.3, -0.25) is 0 Å². The van der Waals surface area contributed by atoms with Gasteiger partial charge in [0.1, 0.15) is 17.2 Å². The van der Waals surface area contributed by atoms with Gasteiger partial charge < -0.3 is 20.1 Å². The normalized spacial score (nSPS) is 12.4. The van der Waals surface area contributed by atoms with Crippen molar-refractivity contribution in [3.8, 4) is 45.3 Å². The fourth-order valence-electron chi connectivity index (χ4n) is 4.51. The Balaban J connectivity index is 1.79. The lowest BCUT2D eigenvalue weighted by atomic mass is 9.91. The lowest BCUT2D eigenvalue weighted by molar-refractivity contribution is 0.415. The number of hydrogen-bond acceptors (Lipinski definition) is 4. The Bertz CT molecular complexity index is 1540. The molecule has 0 radical (unpaired) electrons. The van der Waals surface area contributed by atoms with Gasteiger partial charge in [0.2, 0.25) is 0 Å². The average molecular weight is 540 g/mol. The van der Waals surface area contributed by atoms with E-state index in [4.69, 9.17) is 39.5 Å². The lowest BCUT2D eigenvalue weighted by Gasteiger charge is -2.18. The van der Waals surface area contributed by atoms with Crippen molar-refractivity contribution >= 4 is 47.0 Å². The Labute approximate surface area is 223 Å². The molecule has 4 aromatic rings. The molecule has 7 heteroatoms. The van der Waals surface area contributed by atoms with Crippen molar-refractivity contribution in [1.29, 1.82) is 0 Å². The Morgan fingerprint density at radius 3 is 2.28 bits per heavy atom. The highest BCUT2D eigenvalue weighted by molar-refractivity contribution is 6.38. The minimum absolute atomic E-state index is 0.0772. The molecule has 0 atom stereocenters. The van der Waals surface area contributed by atoms with Gasteiger partial charge in [0.05, 0.1) is 22.2 Å². The third-order valence-electron chi connectivity index (χ3n) is 6.43. The highest BCUT2D eigenvalue weighted by Crippen LogP contribution is 2.46. The number of hydrogen-bond donors (Lipinski definition) is 3. The van der Waals surface area contributed by atoms with Crippen molar-refractivity contribution < 1.29 is 20.1 Å². The SMILES string of the molecule is COc1ccc2cc1-c1cc(ccc1O)C=Cc1ccc(c(O)c1Cl)-c1cc(Cl)c(O)c(Cl)c1CC2. The number of aromatic hydroxyl groups is 3. The molecule has 0 saturated carbocycles. The molecule has 0 fully saturated rings. The van der Waals surface area contributed by atoms with E-state index < -0.39 is 0 Å². The van der Waals surface area contributed by atoms with E-state index in [1.165, 1.54) is 0 Å². The number of benzene rings is 4. The van der Waals surface area contributed by atoms with Crippen LogP contribution >= 0.6 is 34.8 Å². The molecule has 2 aliphatic rings. The average Bonchev–Trinajstić information content (AvgIpc) is 2.88. The van der Waals surface area contributed by atoms with E-state index >= 15 is 0 Å². The van der Waals surface area contributed by atoms with Gasteiger partial charge in [-0.1, -0.05) is 65.2 Å². The molecule has 0 unspecified atom stereocenters. The highest BCUT2D eigenvalue weighted by Gasteiger charge is 2.21. The topological polar surface area (TPSA) is 69.9 Å². The molecule has 3 N–H and O–H groups in total. The molecule has 182 valence electrons. The van der Waals surface area contributed by atoms with Gasteiger partial charge in [-0.15, -0.1) is 0 Å². The van der Waals surface area contributed by atoms with E-state index in [2.05, 4.69) is 0 Å². The number of ether oxygens (including phenoxy) is 1. The van der Waals surface area contributed by atoms with Gasteiger partial charge in [0.25, 0.3) is 0 Å². The minimum atomic E-state index is -0.214. The summed E-state index contributed by atoms with van der Waals surface area (Å²) in [5.41, 5.74) is 5.45. The van der Waals surface area contributed by atoms with Crippen LogP contribution in [0.4, 0.5) is 0 Å². The van der Waals surface area contributed by atoms with E-state index in [0.29, 0.717) is 46.4 Å². The lowest BCUT2D eigenvalue weighted by Crippen LogP contribution is -1.99. The molecule has 0 spiro atoms. The predicted molar refractivity (Wildman–Crippen MR) is 147 cm³/mol. The van der Waals surface area contributed by atoms with Crippen molar-refractivity contribution in [2.75, 3.05) is 7.11 Å². The van der Waals surface area contributed by atoms with Gasteiger partial charge in [0.15, 0.2) is 5.75 Å². The van der Waals surface area contributed by atoms with Crippen LogP contribution in [0.25, 0.3) is 34.4 Å². The van der Waals surface area contributed by atoms with E-state index in [-0.39, 0.29) is 32.3 Å². The van der Waals surface area contributed by atoms with E-state index in [1.807, 2.05) is 30.3 Å². The molecule has 4 aromatic carbocycles. The van der Waals surface area contributed by atoms with Crippen molar-refractivity contribution in [2.24, 2.45) is 0 Å². The summed E-state index contributed by atoms with van der Waals surface area (Å²) in [6.07, 6.45) is 4.64. The van der Waals surface area contributed by atoms with Crippen LogP contribution in [0.5, 0.6) is 23.0 Å². The Kier molecular flexibility index (Phi) is 6.52. The van der Waals surface area contributed by atoms with Gasteiger partial charge in [0, 0.05) is 16.7 Å². The first-order chi connectivity index (χ1) is 17.3. The molecule has 4 nitrogen and oxygen atoms in total. The van der Waals surface area contributed by atoms with E-state index in [9.17, 15) is 15.3 Å². The number of aryl methyl sites for hydroxylation is 1. The van der Waals surface area contributed by atoms with Crippen molar-refractivity contribution in [3.05, 3.63) is 91.9 Å². The van der Waals surface area contributed by atoms with Crippen LogP contribution in [0.2, 0.25) is 15.1 Å². The molecule has 0 heterocycles. The number of phenols is 3. The molecule has 6 rings (SSSR count). The summed E-state index contributed by atoms with van der Waals surface area (Å²) < 4.78 is 5.59. The molecule has 0 aromatic heterocycles. The Morgan fingerprint density at radius 2 is 1.50 bits per heavy atom. The summed E-state index contributed by atoms with van der Waals surface area (Å²) >= 11 is 19.4. The van der Waals surface area contributed by atoms with Crippen molar-refractivity contribution in [3.63, 3.8) is 0 Å². The number of halogens is 3. The molecular formula is C29H21Cl3O4. The summed E-state index contributed by atoms with van der Waals surface area (Å²) in [5.74, 6) is 0.426. The van der Waals surface area contributed by atoms with Crippen molar-refractivity contribution in [1.82, 2.24) is 0 Å². The number of phenolic OH excluding ortho intramolecular Hbond substituents is 3. The third kappa shape index (κ3) is 4.26. The Morgan fingerprint density at radius 1 is 0.694 bits per heavy atom. The molecule has 0 saturated heterocycles. The first kappa shape index (κ1) is 24.4. The van der Waals surface area contributed by atoms with Crippen LogP contribution in [0, 0.1) is 0 Å². The number of methoxy groups -OCH3 is 1. The Hall–Kier alpha value is -3.31. The summed E-state index contributed by atoms with van der Waals surface area (Å²) in [6, 6.07) is 16.2. The maximum atomic E-state index is 11.0. The van der Waals surface area contributed by atoms with Gasteiger partial charge >= 0.3 is 0 Å². The first-order valence-electron chi connectivity index (χ1n) is 11.2. The fourth-order valence-corrected chi connectivity index (χ4v) is 5.29. The second kappa shape index (κ2) is 9.62. The zero-order valence-corrected chi connectivity index (χ0v) is 21.4. The quantitative estimate of drug-likeness (QED) is 0.227. The number of rotatable bonds is 1. The zero-order chi connectivity index (χ0) is 25.6. The summed E-state index contributed by atoms with van der Waals surface area (Å²) in [5, 5.41) is 32.5. The van der Waals surface area contributed by atoms with Gasteiger partial charge in [-0.25, -0.2) is 0 Å². The summed E-state index contributed by atoms with van der Waals surface area (Å²) in [4.78, 5) is 0. The third-order valence-corrected chi connectivity index (χ3v) is 7.52. The molecule has 0 aliphatic heterocycles. The van der Waals surface area contributed by atoms with Crippen molar-refractivity contribution in [2.45, 2.75) is 12.8 Å². The summed E-state index contributed by atoms with van der Waals surface area (Å²) in [6.45, 7) is 0. The highest BCUT2D eigenvalue weighted by atomic mass is 35.5. The van der Waals surface area contributed by atoms with Crippen LogP contribution < -0.4 is 4.74 Å². The maximum Gasteiger partial charge on any atom is 0.153 e. The van der Waals surface area contributed by atoms with Crippen LogP contribution in [0.15, 0.2) is 54.6 Å². The second-order valence-electron chi connectivity index (χ2n) is 8.56. The molecule has 0 amide bonds. The second-order valence-corrected chi connectivity index (χ2v) is 9.72. The van der Waals surface area contributed by atoms with Crippen LogP contribution in [-0.2, 0) is 12.8 Å². The monoisotopic (exact) mass is 538 g/mol. The van der Waals surface area contributed by atoms with E-state index in [1.54, 1.807) is 43.5 Å². The zero-order valence-electron chi connectivity index (χ0n) is 19.1. The van der Waals surface area contributed by atoms with E-state index in [0.717, 1.165) is 16.7 Å². The van der Waals surface area contributed by atoms with Crippen LogP contribution in [-0.4, -0.2) is 22.4 Å².